The van der Waals surface area contributed by atoms with E-state index in [9.17, 15) is 14.3 Å². The Morgan fingerprint density at radius 3 is 2.87 bits per heavy atom. The summed E-state index contributed by atoms with van der Waals surface area (Å²) in [6.45, 7) is 1.64. The lowest BCUT2D eigenvalue weighted by Gasteiger charge is -2.23. The molecule has 0 spiro atoms. The summed E-state index contributed by atoms with van der Waals surface area (Å²) in [6.07, 6.45) is 0.385. The van der Waals surface area contributed by atoms with Gasteiger partial charge in [0.2, 0.25) is 0 Å². The lowest BCUT2D eigenvalue weighted by molar-refractivity contribution is -0.164. The second-order valence-electron chi connectivity index (χ2n) is 3.98. The van der Waals surface area contributed by atoms with Gasteiger partial charge in [0.1, 0.15) is 5.82 Å². The zero-order valence-electron chi connectivity index (χ0n) is 8.20. The zero-order chi connectivity index (χ0) is 11.2. The van der Waals surface area contributed by atoms with Crippen LogP contribution < -0.4 is 0 Å². The van der Waals surface area contributed by atoms with E-state index in [2.05, 4.69) is 0 Å². The van der Waals surface area contributed by atoms with Crippen molar-refractivity contribution in [3.8, 4) is 0 Å². The fourth-order valence-corrected chi connectivity index (χ4v) is 2.17. The quantitative estimate of drug-likeness (QED) is 0.734. The molecule has 1 aliphatic carbocycles. The SMILES string of the molecule is CC1Cc2cc(F)ccc2C1(O)C(=O)O. The van der Waals surface area contributed by atoms with Gasteiger partial charge >= 0.3 is 5.97 Å². The molecule has 0 bridgehead atoms. The molecule has 0 aliphatic heterocycles. The van der Waals surface area contributed by atoms with E-state index in [4.69, 9.17) is 5.11 Å². The Bertz CT molecular complexity index is 430. The number of aliphatic carboxylic acids is 1. The molecule has 0 saturated heterocycles. The molecule has 0 heterocycles. The van der Waals surface area contributed by atoms with Crippen molar-refractivity contribution < 1.29 is 19.4 Å². The van der Waals surface area contributed by atoms with Gasteiger partial charge in [-0.2, -0.15) is 0 Å². The van der Waals surface area contributed by atoms with Gasteiger partial charge in [-0.3, -0.25) is 0 Å². The summed E-state index contributed by atoms with van der Waals surface area (Å²) in [5.74, 6) is -2.12. The molecule has 0 aromatic heterocycles. The lowest BCUT2D eigenvalue weighted by atomic mass is 9.89. The fraction of sp³-hybridized carbons (Fsp3) is 0.364. The molecule has 2 atom stereocenters. The number of carboxylic acid groups (broad SMARTS) is 1. The first-order valence-electron chi connectivity index (χ1n) is 4.71. The van der Waals surface area contributed by atoms with Gasteiger partial charge in [0.05, 0.1) is 0 Å². The Balaban J connectivity index is 2.60. The van der Waals surface area contributed by atoms with Crippen LogP contribution >= 0.6 is 0 Å². The van der Waals surface area contributed by atoms with Crippen LogP contribution in [0.1, 0.15) is 18.1 Å². The topological polar surface area (TPSA) is 57.5 Å². The maximum Gasteiger partial charge on any atom is 0.340 e. The van der Waals surface area contributed by atoms with Gasteiger partial charge in [0.25, 0.3) is 0 Å². The first kappa shape index (κ1) is 10.1. The van der Waals surface area contributed by atoms with Crippen LogP contribution in [-0.4, -0.2) is 16.2 Å². The van der Waals surface area contributed by atoms with E-state index in [1.807, 2.05) is 0 Å². The van der Waals surface area contributed by atoms with Crippen LogP contribution in [0.4, 0.5) is 4.39 Å². The number of rotatable bonds is 1. The van der Waals surface area contributed by atoms with Gasteiger partial charge in [0, 0.05) is 5.92 Å². The number of carbonyl (C=O) groups is 1. The van der Waals surface area contributed by atoms with Gasteiger partial charge in [-0.1, -0.05) is 13.0 Å². The van der Waals surface area contributed by atoms with Crippen molar-refractivity contribution in [1.29, 1.82) is 0 Å². The van der Waals surface area contributed by atoms with Gasteiger partial charge in [-0.25, -0.2) is 9.18 Å². The second kappa shape index (κ2) is 3.03. The lowest BCUT2D eigenvalue weighted by Crippen LogP contribution is -2.38. The minimum absolute atomic E-state index is 0.309. The van der Waals surface area contributed by atoms with Gasteiger partial charge in [-0.05, 0) is 29.7 Å². The Morgan fingerprint density at radius 1 is 1.60 bits per heavy atom. The third kappa shape index (κ3) is 1.25. The molecular formula is C11H11FO3. The predicted molar refractivity (Wildman–Crippen MR) is 50.8 cm³/mol. The smallest absolute Gasteiger partial charge is 0.340 e. The van der Waals surface area contributed by atoms with E-state index in [0.717, 1.165) is 0 Å². The summed E-state index contributed by atoms with van der Waals surface area (Å²) < 4.78 is 12.9. The summed E-state index contributed by atoms with van der Waals surface area (Å²) in [7, 11) is 0. The number of hydrogen-bond donors (Lipinski definition) is 2. The predicted octanol–water partition coefficient (Wildman–Crippen LogP) is 1.29. The van der Waals surface area contributed by atoms with Crippen molar-refractivity contribution >= 4 is 5.97 Å². The van der Waals surface area contributed by atoms with E-state index in [0.29, 0.717) is 17.5 Å². The molecule has 1 aromatic carbocycles. The Labute approximate surface area is 86.2 Å². The third-order valence-corrected chi connectivity index (χ3v) is 3.04. The molecule has 0 radical (unpaired) electrons. The molecule has 2 rings (SSSR count). The molecule has 80 valence electrons. The summed E-state index contributed by atoms with van der Waals surface area (Å²) in [6, 6.07) is 3.81. The molecular weight excluding hydrogens is 199 g/mol. The minimum Gasteiger partial charge on any atom is -0.479 e. The molecule has 2 unspecified atom stereocenters. The number of fused-ring (bicyclic) bond motifs is 1. The second-order valence-corrected chi connectivity index (χ2v) is 3.98. The molecule has 15 heavy (non-hydrogen) atoms. The zero-order valence-corrected chi connectivity index (χ0v) is 8.20. The van der Waals surface area contributed by atoms with Crippen LogP contribution in [0.25, 0.3) is 0 Å². The van der Waals surface area contributed by atoms with Crippen LogP contribution in [0.2, 0.25) is 0 Å². The largest absolute Gasteiger partial charge is 0.479 e. The highest BCUT2D eigenvalue weighted by Gasteiger charge is 2.49. The van der Waals surface area contributed by atoms with Crippen LogP contribution in [-0.2, 0) is 16.8 Å². The fourth-order valence-electron chi connectivity index (χ4n) is 2.17. The van der Waals surface area contributed by atoms with Crippen molar-refractivity contribution in [1.82, 2.24) is 0 Å². The minimum atomic E-state index is -1.87. The molecule has 0 amide bonds. The Hall–Kier alpha value is -1.42. The van der Waals surface area contributed by atoms with Crippen molar-refractivity contribution in [3.63, 3.8) is 0 Å². The van der Waals surface area contributed by atoms with Crippen LogP contribution in [0, 0.1) is 11.7 Å². The molecule has 3 nitrogen and oxygen atoms in total. The Morgan fingerprint density at radius 2 is 2.27 bits per heavy atom. The van der Waals surface area contributed by atoms with E-state index >= 15 is 0 Å². The van der Waals surface area contributed by atoms with Crippen molar-refractivity contribution in [2.24, 2.45) is 5.92 Å². The first-order chi connectivity index (χ1) is 6.96. The number of hydrogen-bond acceptors (Lipinski definition) is 2. The Kier molecular flexibility index (Phi) is 2.04. The first-order valence-corrected chi connectivity index (χ1v) is 4.71. The number of benzene rings is 1. The van der Waals surface area contributed by atoms with E-state index in [1.54, 1.807) is 6.92 Å². The van der Waals surface area contributed by atoms with E-state index < -0.39 is 23.3 Å². The van der Waals surface area contributed by atoms with E-state index in [-0.39, 0.29) is 0 Å². The number of aliphatic hydroxyl groups is 1. The molecule has 0 fully saturated rings. The van der Waals surface area contributed by atoms with Gasteiger partial charge in [0.15, 0.2) is 5.60 Å². The summed E-state index contributed by atoms with van der Waals surface area (Å²) in [5.41, 5.74) is -0.987. The van der Waals surface area contributed by atoms with Crippen molar-refractivity contribution in [3.05, 3.63) is 35.1 Å². The normalized spacial score (nSPS) is 28.9. The van der Waals surface area contributed by atoms with Crippen LogP contribution in [0.3, 0.4) is 0 Å². The highest BCUT2D eigenvalue weighted by Crippen LogP contribution is 2.41. The van der Waals surface area contributed by atoms with Gasteiger partial charge in [-0.15, -0.1) is 0 Å². The van der Waals surface area contributed by atoms with Crippen LogP contribution in [0.5, 0.6) is 0 Å². The molecule has 1 aliphatic rings. The van der Waals surface area contributed by atoms with Crippen molar-refractivity contribution in [2.45, 2.75) is 18.9 Å². The van der Waals surface area contributed by atoms with Gasteiger partial charge < -0.3 is 10.2 Å². The molecule has 0 saturated carbocycles. The average molecular weight is 210 g/mol. The number of carboxylic acids is 1. The summed E-state index contributed by atoms with van der Waals surface area (Å²) >= 11 is 0. The maximum atomic E-state index is 12.9. The molecule has 4 heteroatoms. The highest BCUT2D eigenvalue weighted by molar-refractivity contribution is 5.81. The highest BCUT2D eigenvalue weighted by atomic mass is 19.1. The summed E-state index contributed by atoms with van der Waals surface area (Å²) in [4.78, 5) is 11.0. The monoisotopic (exact) mass is 210 g/mol. The van der Waals surface area contributed by atoms with Crippen LogP contribution in [0.15, 0.2) is 18.2 Å². The third-order valence-electron chi connectivity index (χ3n) is 3.04. The standard InChI is InChI=1S/C11H11FO3/c1-6-4-7-5-8(12)2-3-9(7)11(6,15)10(13)14/h2-3,5-6,15H,4H2,1H3,(H,13,14). The van der Waals surface area contributed by atoms with E-state index in [1.165, 1.54) is 18.2 Å². The van der Waals surface area contributed by atoms with Crippen molar-refractivity contribution in [2.75, 3.05) is 0 Å². The summed E-state index contributed by atoms with van der Waals surface area (Å²) in [5, 5.41) is 19.1. The molecule has 1 aromatic rings. The maximum absolute atomic E-state index is 12.9. The number of halogens is 1. The average Bonchev–Trinajstić information content (AvgIpc) is 2.39. The molecule has 2 N–H and O–H groups in total.